The van der Waals surface area contributed by atoms with Crippen LogP contribution >= 0.6 is 0 Å². The molecule has 2 heteroatoms. The van der Waals surface area contributed by atoms with Gasteiger partial charge in [-0.15, -0.1) is 0 Å². The van der Waals surface area contributed by atoms with Crippen LogP contribution in [0.5, 0.6) is 0 Å². The van der Waals surface area contributed by atoms with Crippen molar-refractivity contribution in [2.45, 2.75) is 26.1 Å². The van der Waals surface area contributed by atoms with E-state index in [1.807, 2.05) is 12.3 Å². The first kappa shape index (κ1) is 8.46. The third kappa shape index (κ3) is 1.90. The first-order chi connectivity index (χ1) is 5.17. The predicted molar refractivity (Wildman–Crippen MR) is 51.8 cm³/mol. The summed E-state index contributed by atoms with van der Waals surface area (Å²) in [4.78, 5) is 4.38. The van der Waals surface area contributed by atoms with Crippen molar-refractivity contribution in [1.82, 2.24) is 4.98 Å². The number of hydrogen-bond donors (Lipinski definition) is 0. The summed E-state index contributed by atoms with van der Waals surface area (Å²) in [5.41, 5.74) is 0. The molecule has 0 aliphatic carbocycles. The molecule has 0 atom stereocenters. The van der Waals surface area contributed by atoms with Crippen molar-refractivity contribution in [3.05, 3.63) is 24.4 Å². The van der Waals surface area contributed by atoms with Gasteiger partial charge in [-0.05, 0) is 12.1 Å². The molecule has 1 aromatic rings. The van der Waals surface area contributed by atoms with Gasteiger partial charge in [0.2, 0.25) is 0 Å². The summed E-state index contributed by atoms with van der Waals surface area (Å²) in [5.74, 6) is 0. The van der Waals surface area contributed by atoms with Crippen LogP contribution in [0.25, 0.3) is 0 Å². The van der Waals surface area contributed by atoms with Crippen molar-refractivity contribution in [2.75, 3.05) is 0 Å². The van der Waals surface area contributed by atoms with E-state index < -0.39 is 8.07 Å². The van der Waals surface area contributed by atoms with Gasteiger partial charge in [0.25, 0.3) is 0 Å². The summed E-state index contributed by atoms with van der Waals surface area (Å²) in [6.45, 7) is 6.96. The Morgan fingerprint density at radius 2 is 2.09 bits per heavy atom. The lowest BCUT2D eigenvalue weighted by atomic mass is 10.5. The lowest BCUT2D eigenvalue weighted by Crippen LogP contribution is -2.42. The molecule has 0 aromatic carbocycles. The lowest BCUT2D eigenvalue weighted by Gasteiger charge is -2.18. The molecule has 0 fully saturated rings. The molecule has 0 saturated heterocycles. The molecule has 1 rings (SSSR count). The SMILES string of the molecule is CC[Si](C)(C)c1ccccn1. The minimum absolute atomic E-state index is 1.16. The van der Waals surface area contributed by atoms with Gasteiger partial charge in [0.1, 0.15) is 8.07 Å². The fourth-order valence-corrected chi connectivity index (χ4v) is 2.28. The van der Waals surface area contributed by atoms with Crippen LogP contribution in [0.2, 0.25) is 19.1 Å². The second-order valence-corrected chi connectivity index (χ2v) is 8.44. The first-order valence-electron chi connectivity index (χ1n) is 4.08. The van der Waals surface area contributed by atoms with Crippen LogP contribution in [0.1, 0.15) is 6.92 Å². The van der Waals surface area contributed by atoms with E-state index in [9.17, 15) is 0 Å². The van der Waals surface area contributed by atoms with Crippen LogP contribution in [0.3, 0.4) is 0 Å². The van der Waals surface area contributed by atoms with Crippen molar-refractivity contribution in [1.29, 1.82) is 0 Å². The summed E-state index contributed by atoms with van der Waals surface area (Å²) in [6.07, 6.45) is 1.89. The summed E-state index contributed by atoms with van der Waals surface area (Å²) in [6, 6.07) is 7.47. The Kier molecular flexibility index (Phi) is 2.44. The van der Waals surface area contributed by atoms with E-state index in [4.69, 9.17) is 0 Å². The maximum absolute atomic E-state index is 4.38. The molecule has 0 amide bonds. The van der Waals surface area contributed by atoms with E-state index in [0.29, 0.717) is 0 Å². The quantitative estimate of drug-likeness (QED) is 0.611. The lowest BCUT2D eigenvalue weighted by molar-refractivity contribution is 1.31. The Balaban J connectivity index is 2.93. The zero-order valence-electron chi connectivity index (χ0n) is 7.46. The summed E-state index contributed by atoms with van der Waals surface area (Å²) in [5, 5.41) is 1.32. The Morgan fingerprint density at radius 1 is 1.36 bits per heavy atom. The monoisotopic (exact) mass is 165 g/mol. The molecule has 0 bridgehead atoms. The van der Waals surface area contributed by atoms with Crippen LogP contribution in [-0.4, -0.2) is 13.1 Å². The molecular formula is C9H15NSi. The molecule has 0 saturated carbocycles. The van der Waals surface area contributed by atoms with Gasteiger partial charge in [-0.1, -0.05) is 32.1 Å². The van der Waals surface area contributed by atoms with Gasteiger partial charge in [-0.25, -0.2) is 0 Å². The number of hydrogen-bond acceptors (Lipinski definition) is 1. The molecule has 1 aromatic heterocycles. The van der Waals surface area contributed by atoms with Gasteiger partial charge in [-0.2, -0.15) is 0 Å². The van der Waals surface area contributed by atoms with Crippen LogP contribution in [0, 0.1) is 0 Å². The molecule has 0 aliphatic rings. The molecule has 11 heavy (non-hydrogen) atoms. The summed E-state index contributed by atoms with van der Waals surface area (Å²) >= 11 is 0. The molecule has 60 valence electrons. The highest BCUT2D eigenvalue weighted by molar-refractivity contribution is 6.89. The zero-order chi connectivity index (χ0) is 8.32. The highest BCUT2D eigenvalue weighted by Gasteiger charge is 2.21. The molecule has 0 aliphatic heterocycles. The minimum Gasteiger partial charge on any atom is -0.266 e. The summed E-state index contributed by atoms with van der Waals surface area (Å²) in [7, 11) is -1.16. The van der Waals surface area contributed by atoms with E-state index in [1.165, 1.54) is 11.4 Å². The van der Waals surface area contributed by atoms with Gasteiger partial charge < -0.3 is 0 Å². The predicted octanol–water partition coefficient (Wildman–Crippen LogP) is 2.02. The van der Waals surface area contributed by atoms with E-state index in [0.717, 1.165) is 0 Å². The molecule has 0 unspecified atom stereocenters. The van der Waals surface area contributed by atoms with Crippen LogP contribution in [0.4, 0.5) is 0 Å². The molecule has 0 spiro atoms. The van der Waals surface area contributed by atoms with E-state index in [1.54, 1.807) is 0 Å². The molecule has 1 nitrogen and oxygen atoms in total. The van der Waals surface area contributed by atoms with Gasteiger partial charge in [0, 0.05) is 11.5 Å². The minimum atomic E-state index is -1.16. The third-order valence-corrected chi connectivity index (χ3v) is 5.69. The van der Waals surface area contributed by atoms with Crippen molar-refractivity contribution < 1.29 is 0 Å². The number of nitrogens with zero attached hydrogens (tertiary/aromatic N) is 1. The Bertz CT molecular complexity index is 218. The molecule has 0 radical (unpaired) electrons. The van der Waals surface area contributed by atoms with Gasteiger partial charge in [-0.3, -0.25) is 4.98 Å². The summed E-state index contributed by atoms with van der Waals surface area (Å²) < 4.78 is 0. The van der Waals surface area contributed by atoms with Crippen LogP contribution in [-0.2, 0) is 0 Å². The van der Waals surface area contributed by atoms with Crippen LogP contribution in [0.15, 0.2) is 24.4 Å². The topological polar surface area (TPSA) is 12.9 Å². The van der Waals surface area contributed by atoms with Gasteiger partial charge in [0.15, 0.2) is 0 Å². The number of pyridine rings is 1. The van der Waals surface area contributed by atoms with Crippen LogP contribution < -0.4 is 5.32 Å². The molecular weight excluding hydrogens is 150 g/mol. The average Bonchev–Trinajstić information content (AvgIpc) is 2.06. The highest BCUT2D eigenvalue weighted by atomic mass is 28.3. The Labute approximate surface area is 69.5 Å². The highest BCUT2D eigenvalue weighted by Crippen LogP contribution is 2.06. The maximum atomic E-state index is 4.38. The molecule has 0 N–H and O–H groups in total. The second-order valence-electron chi connectivity index (χ2n) is 3.45. The van der Waals surface area contributed by atoms with E-state index in [2.05, 4.69) is 37.1 Å². The van der Waals surface area contributed by atoms with Gasteiger partial charge in [0.05, 0.1) is 0 Å². The first-order valence-corrected chi connectivity index (χ1v) is 7.29. The standard InChI is InChI=1S/C9H15NSi/c1-4-11(2,3)9-7-5-6-8-10-9/h5-8H,4H2,1-3H3. The Morgan fingerprint density at radius 3 is 2.55 bits per heavy atom. The maximum Gasteiger partial charge on any atom is 0.104 e. The third-order valence-electron chi connectivity index (χ3n) is 2.24. The average molecular weight is 165 g/mol. The second kappa shape index (κ2) is 3.18. The number of aromatic nitrogens is 1. The fraction of sp³-hybridized carbons (Fsp3) is 0.444. The van der Waals surface area contributed by atoms with Crippen molar-refractivity contribution in [2.24, 2.45) is 0 Å². The number of rotatable bonds is 2. The smallest absolute Gasteiger partial charge is 0.104 e. The normalized spacial score (nSPS) is 11.5. The largest absolute Gasteiger partial charge is 0.266 e. The Hall–Kier alpha value is -0.633. The fourth-order valence-electron chi connectivity index (χ4n) is 0.944. The zero-order valence-corrected chi connectivity index (χ0v) is 8.46. The van der Waals surface area contributed by atoms with E-state index in [-0.39, 0.29) is 0 Å². The van der Waals surface area contributed by atoms with E-state index >= 15 is 0 Å². The van der Waals surface area contributed by atoms with Gasteiger partial charge >= 0.3 is 0 Å². The van der Waals surface area contributed by atoms with Crippen molar-refractivity contribution in [3.63, 3.8) is 0 Å². The van der Waals surface area contributed by atoms with Crippen molar-refractivity contribution >= 4 is 13.4 Å². The molecule has 1 heterocycles. The van der Waals surface area contributed by atoms with Crippen molar-refractivity contribution in [3.8, 4) is 0 Å².